The average molecular weight is 447 g/mol. The fraction of sp³-hybridized carbons (Fsp3) is 0.286. The van der Waals surface area contributed by atoms with Crippen molar-refractivity contribution >= 4 is 45.1 Å². The number of benzene rings is 2. The molecule has 148 valence electrons. The summed E-state index contributed by atoms with van der Waals surface area (Å²) >= 11 is 3.43. The van der Waals surface area contributed by atoms with Gasteiger partial charge in [-0.2, -0.15) is 0 Å². The lowest BCUT2D eigenvalue weighted by Gasteiger charge is -2.11. The van der Waals surface area contributed by atoms with Crippen LogP contribution in [-0.2, 0) is 19.1 Å². The normalized spacial score (nSPS) is 10.3. The van der Waals surface area contributed by atoms with Crippen LogP contribution in [0.5, 0.6) is 0 Å². The van der Waals surface area contributed by atoms with Gasteiger partial charge in [0, 0.05) is 22.3 Å². The van der Waals surface area contributed by atoms with Crippen molar-refractivity contribution in [1.82, 2.24) is 0 Å². The maximum Gasteiger partial charge on any atom is 0.306 e. The number of rotatable bonds is 7. The van der Waals surface area contributed by atoms with Crippen LogP contribution in [0.25, 0.3) is 0 Å². The summed E-state index contributed by atoms with van der Waals surface area (Å²) in [6, 6.07) is 11.1. The van der Waals surface area contributed by atoms with Crippen molar-refractivity contribution in [3.63, 3.8) is 0 Å². The summed E-state index contributed by atoms with van der Waals surface area (Å²) in [5, 5.41) is 5.43. The Morgan fingerprint density at radius 1 is 0.893 bits per heavy atom. The fourth-order valence-electron chi connectivity index (χ4n) is 2.40. The van der Waals surface area contributed by atoms with Gasteiger partial charge in [0.05, 0.1) is 6.42 Å². The molecule has 28 heavy (non-hydrogen) atoms. The van der Waals surface area contributed by atoms with Crippen molar-refractivity contribution in [2.45, 2.75) is 33.6 Å². The summed E-state index contributed by atoms with van der Waals surface area (Å²) in [6.07, 6.45) is -0.110. The Balaban J connectivity index is 1.73. The number of hydrogen-bond donors (Lipinski definition) is 2. The second-order valence-electron chi connectivity index (χ2n) is 6.54. The molecule has 2 aromatic rings. The molecule has 0 spiro atoms. The molecule has 0 aliphatic rings. The van der Waals surface area contributed by atoms with E-state index >= 15 is 0 Å². The van der Waals surface area contributed by atoms with E-state index in [9.17, 15) is 14.4 Å². The van der Waals surface area contributed by atoms with E-state index in [0.29, 0.717) is 11.4 Å². The molecule has 2 aromatic carbocycles. The van der Waals surface area contributed by atoms with Gasteiger partial charge in [-0.05, 0) is 56.2 Å². The van der Waals surface area contributed by atoms with Crippen LogP contribution in [0, 0.1) is 20.8 Å². The number of ether oxygens (including phenoxy) is 1. The zero-order valence-corrected chi connectivity index (χ0v) is 17.7. The second kappa shape index (κ2) is 10.0. The molecule has 0 heterocycles. The van der Waals surface area contributed by atoms with Gasteiger partial charge in [0.1, 0.15) is 0 Å². The largest absolute Gasteiger partial charge is 0.456 e. The van der Waals surface area contributed by atoms with Crippen molar-refractivity contribution in [2.24, 2.45) is 0 Å². The molecule has 0 aromatic heterocycles. The zero-order chi connectivity index (χ0) is 20.7. The summed E-state index contributed by atoms with van der Waals surface area (Å²) < 4.78 is 5.90. The Kier molecular flexibility index (Phi) is 7.75. The highest BCUT2D eigenvalue weighted by molar-refractivity contribution is 9.10. The summed E-state index contributed by atoms with van der Waals surface area (Å²) in [4.78, 5) is 35.6. The second-order valence-corrected chi connectivity index (χ2v) is 7.39. The maximum atomic E-state index is 12.0. The van der Waals surface area contributed by atoms with Gasteiger partial charge in [-0.15, -0.1) is 0 Å². The maximum absolute atomic E-state index is 12.0. The van der Waals surface area contributed by atoms with E-state index in [1.807, 2.05) is 45.0 Å². The number of anilines is 2. The number of amides is 2. The predicted octanol–water partition coefficient (Wildman–Crippen LogP) is 4.27. The molecule has 0 saturated heterocycles. The van der Waals surface area contributed by atoms with Gasteiger partial charge in [0.25, 0.3) is 5.91 Å². The van der Waals surface area contributed by atoms with Crippen LogP contribution in [0.3, 0.4) is 0 Å². The molecule has 0 saturated carbocycles. The van der Waals surface area contributed by atoms with E-state index in [-0.39, 0.29) is 18.7 Å². The number of carbonyl (C=O) groups is 3. The van der Waals surface area contributed by atoms with Crippen LogP contribution in [0.1, 0.15) is 29.5 Å². The van der Waals surface area contributed by atoms with Gasteiger partial charge in [-0.25, -0.2) is 0 Å². The van der Waals surface area contributed by atoms with Crippen LogP contribution in [0.2, 0.25) is 0 Å². The quantitative estimate of drug-likeness (QED) is 0.621. The molecule has 0 atom stereocenters. The molecule has 0 fully saturated rings. The van der Waals surface area contributed by atoms with Gasteiger partial charge in [-0.1, -0.05) is 33.6 Å². The van der Waals surface area contributed by atoms with Crippen molar-refractivity contribution in [3.8, 4) is 0 Å². The van der Waals surface area contributed by atoms with E-state index < -0.39 is 18.5 Å². The summed E-state index contributed by atoms with van der Waals surface area (Å²) in [5.74, 6) is -1.31. The van der Waals surface area contributed by atoms with Crippen LogP contribution in [-0.4, -0.2) is 24.4 Å². The van der Waals surface area contributed by atoms with Crippen molar-refractivity contribution in [1.29, 1.82) is 0 Å². The highest BCUT2D eigenvalue weighted by atomic mass is 79.9. The van der Waals surface area contributed by atoms with Crippen LogP contribution in [0.4, 0.5) is 11.4 Å². The monoisotopic (exact) mass is 446 g/mol. The fourth-order valence-corrected chi connectivity index (χ4v) is 2.85. The van der Waals surface area contributed by atoms with Gasteiger partial charge in [0.15, 0.2) is 6.61 Å². The van der Waals surface area contributed by atoms with Gasteiger partial charge in [-0.3, -0.25) is 14.4 Å². The Bertz CT molecular complexity index is 879. The van der Waals surface area contributed by atoms with Gasteiger partial charge in [0.2, 0.25) is 5.91 Å². The standard InChI is InChI=1S/C21H23BrN2O4/c1-13-4-6-16(7-5-13)23-19(25)8-9-21(27)28-12-20(26)24-18-11-14(2)17(22)10-15(18)3/h4-7,10-11H,8-9,12H2,1-3H3,(H,23,25)(H,24,26). The van der Waals surface area contributed by atoms with Crippen molar-refractivity contribution in [2.75, 3.05) is 17.2 Å². The average Bonchev–Trinajstić information content (AvgIpc) is 2.64. The summed E-state index contributed by atoms with van der Waals surface area (Å²) in [5.41, 5.74) is 4.30. The lowest BCUT2D eigenvalue weighted by atomic mass is 10.1. The molecule has 2 amide bonds. The number of nitrogens with one attached hydrogen (secondary N) is 2. The smallest absolute Gasteiger partial charge is 0.306 e. The summed E-state index contributed by atoms with van der Waals surface area (Å²) in [6.45, 7) is 5.35. The van der Waals surface area contributed by atoms with E-state index in [4.69, 9.17) is 4.74 Å². The lowest BCUT2D eigenvalue weighted by Crippen LogP contribution is -2.22. The summed E-state index contributed by atoms with van der Waals surface area (Å²) in [7, 11) is 0. The van der Waals surface area contributed by atoms with E-state index in [0.717, 1.165) is 21.2 Å². The SMILES string of the molecule is Cc1ccc(NC(=O)CCC(=O)OCC(=O)Nc2cc(C)c(Br)cc2C)cc1. The van der Waals surface area contributed by atoms with Crippen LogP contribution < -0.4 is 10.6 Å². The first-order valence-electron chi connectivity index (χ1n) is 8.83. The number of halogens is 1. The molecule has 7 heteroatoms. The van der Waals surface area contributed by atoms with Crippen molar-refractivity contribution in [3.05, 3.63) is 57.6 Å². The molecule has 0 bridgehead atoms. The van der Waals surface area contributed by atoms with Crippen LogP contribution in [0.15, 0.2) is 40.9 Å². The van der Waals surface area contributed by atoms with Crippen LogP contribution >= 0.6 is 15.9 Å². The first kappa shape index (κ1) is 21.6. The van der Waals surface area contributed by atoms with E-state index in [2.05, 4.69) is 26.6 Å². The minimum Gasteiger partial charge on any atom is -0.456 e. The van der Waals surface area contributed by atoms with E-state index in [1.165, 1.54) is 0 Å². The van der Waals surface area contributed by atoms with Crippen molar-refractivity contribution < 1.29 is 19.1 Å². The number of aryl methyl sites for hydroxylation is 3. The highest BCUT2D eigenvalue weighted by Gasteiger charge is 2.12. The Labute approximate surface area is 172 Å². The number of carbonyl (C=O) groups excluding carboxylic acids is 3. The third kappa shape index (κ3) is 6.81. The molecular weight excluding hydrogens is 424 g/mol. The van der Waals surface area contributed by atoms with Gasteiger partial charge >= 0.3 is 5.97 Å². The zero-order valence-electron chi connectivity index (χ0n) is 16.1. The Morgan fingerprint density at radius 3 is 2.25 bits per heavy atom. The molecule has 2 N–H and O–H groups in total. The molecule has 6 nitrogen and oxygen atoms in total. The first-order chi connectivity index (χ1) is 13.2. The first-order valence-corrected chi connectivity index (χ1v) is 9.62. The molecule has 0 unspecified atom stereocenters. The van der Waals surface area contributed by atoms with E-state index in [1.54, 1.807) is 12.1 Å². The number of esters is 1. The topological polar surface area (TPSA) is 84.5 Å². The highest BCUT2D eigenvalue weighted by Crippen LogP contribution is 2.24. The minimum absolute atomic E-state index is 0.0145. The Morgan fingerprint density at radius 2 is 1.57 bits per heavy atom. The Hall–Kier alpha value is -2.67. The molecule has 0 aliphatic carbocycles. The minimum atomic E-state index is -0.599. The molecule has 0 radical (unpaired) electrons. The molecule has 0 aliphatic heterocycles. The molecular formula is C21H23BrN2O4. The molecule has 2 rings (SSSR count). The lowest BCUT2D eigenvalue weighted by molar-refractivity contribution is -0.147. The third-order valence-corrected chi connectivity index (χ3v) is 4.89. The third-order valence-electron chi connectivity index (χ3n) is 4.04. The predicted molar refractivity (Wildman–Crippen MR) is 112 cm³/mol. The van der Waals surface area contributed by atoms with Gasteiger partial charge < -0.3 is 15.4 Å². The number of hydrogen-bond acceptors (Lipinski definition) is 4.